The van der Waals surface area contributed by atoms with Crippen LogP contribution in [0, 0.1) is 5.92 Å². The Morgan fingerprint density at radius 3 is 2.94 bits per heavy atom. The maximum atomic E-state index is 11.4. The molecule has 0 saturated heterocycles. The SMILES string of the molecule is CC(C)CNC(=O)/C=C\CCCCc1cccs1. The van der Waals surface area contributed by atoms with Crippen LogP contribution in [0.5, 0.6) is 0 Å². The molecule has 100 valence electrons. The van der Waals surface area contributed by atoms with Crippen molar-refractivity contribution in [2.45, 2.75) is 39.5 Å². The number of unbranched alkanes of at least 4 members (excludes halogenated alkanes) is 2. The number of carbonyl (C=O) groups is 1. The van der Waals surface area contributed by atoms with Gasteiger partial charge in [-0.1, -0.05) is 26.0 Å². The molecule has 0 atom stereocenters. The summed E-state index contributed by atoms with van der Waals surface area (Å²) in [5.41, 5.74) is 0. The molecular formula is C15H23NOS. The Bertz CT molecular complexity index is 355. The van der Waals surface area contributed by atoms with Gasteiger partial charge in [0.1, 0.15) is 0 Å². The number of allylic oxidation sites excluding steroid dienone is 1. The first-order chi connectivity index (χ1) is 8.68. The van der Waals surface area contributed by atoms with Crippen molar-refractivity contribution in [3.63, 3.8) is 0 Å². The van der Waals surface area contributed by atoms with Crippen molar-refractivity contribution in [2.24, 2.45) is 5.92 Å². The highest BCUT2D eigenvalue weighted by Crippen LogP contribution is 2.12. The van der Waals surface area contributed by atoms with Crippen LogP contribution in [0.4, 0.5) is 0 Å². The summed E-state index contributed by atoms with van der Waals surface area (Å²) in [7, 11) is 0. The van der Waals surface area contributed by atoms with Gasteiger partial charge < -0.3 is 5.32 Å². The smallest absolute Gasteiger partial charge is 0.243 e. The van der Waals surface area contributed by atoms with Crippen LogP contribution in [0.1, 0.15) is 38.0 Å². The Kier molecular flexibility index (Phi) is 7.42. The van der Waals surface area contributed by atoms with Gasteiger partial charge >= 0.3 is 0 Å². The van der Waals surface area contributed by atoms with Gasteiger partial charge in [-0.15, -0.1) is 11.3 Å². The third kappa shape index (κ3) is 7.28. The molecule has 1 heterocycles. The number of hydrogen-bond acceptors (Lipinski definition) is 2. The maximum Gasteiger partial charge on any atom is 0.243 e. The standard InChI is InChI=1S/C15H23NOS/c1-13(2)12-16-15(17)10-6-4-3-5-8-14-9-7-11-18-14/h6-7,9-11,13H,3-5,8,12H2,1-2H3,(H,16,17)/b10-6-. The van der Waals surface area contributed by atoms with Crippen molar-refractivity contribution in [1.29, 1.82) is 0 Å². The van der Waals surface area contributed by atoms with Crippen LogP contribution in [-0.2, 0) is 11.2 Å². The number of thiophene rings is 1. The summed E-state index contributed by atoms with van der Waals surface area (Å²) in [6, 6.07) is 4.28. The van der Waals surface area contributed by atoms with Crippen molar-refractivity contribution < 1.29 is 4.79 Å². The molecule has 1 aromatic heterocycles. The molecule has 0 saturated carbocycles. The molecule has 0 aromatic carbocycles. The third-order valence-electron chi connectivity index (χ3n) is 2.58. The van der Waals surface area contributed by atoms with Gasteiger partial charge in [-0.05, 0) is 49.1 Å². The molecule has 0 fully saturated rings. The lowest BCUT2D eigenvalue weighted by atomic mass is 10.1. The summed E-state index contributed by atoms with van der Waals surface area (Å²) < 4.78 is 0. The van der Waals surface area contributed by atoms with Crippen molar-refractivity contribution in [1.82, 2.24) is 5.32 Å². The molecule has 2 nitrogen and oxygen atoms in total. The van der Waals surface area contributed by atoms with Crippen LogP contribution in [0.2, 0.25) is 0 Å². The van der Waals surface area contributed by atoms with E-state index in [4.69, 9.17) is 0 Å². The fraction of sp³-hybridized carbons (Fsp3) is 0.533. The molecule has 1 rings (SSSR count). The fourth-order valence-electron chi connectivity index (χ4n) is 1.57. The maximum absolute atomic E-state index is 11.4. The lowest BCUT2D eigenvalue weighted by Crippen LogP contribution is -2.25. The first-order valence-corrected chi connectivity index (χ1v) is 7.53. The molecule has 0 aliphatic heterocycles. The Balaban J connectivity index is 2.01. The van der Waals surface area contributed by atoms with Gasteiger partial charge in [-0.25, -0.2) is 0 Å². The van der Waals surface area contributed by atoms with E-state index in [1.807, 2.05) is 17.4 Å². The average molecular weight is 265 g/mol. The predicted octanol–water partition coefficient (Wildman–Crippen LogP) is 3.79. The van der Waals surface area contributed by atoms with E-state index in [1.165, 1.54) is 11.3 Å². The highest BCUT2D eigenvalue weighted by Gasteiger charge is 1.97. The van der Waals surface area contributed by atoms with Gasteiger partial charge in [-0.2, -0.15) is 0 Å². The quantitative estimate of drug-likeness (QED) is 0.562. The van der Waals surface area contributed by atoms with Crippen LogP contribution >= 0.6 is 11.3 Å². The first kappa shape index (κ1) is 15.0. The van der Waals surface area contributed by atoms with Crippen molar-refractivity contribution in [3.05, 3.63) is 34.5 Å². The van der Waals surface area contributed by atoms with Crippen LogP contribution in [0.25, 0.3) is 0 Å². The molecule has 1 N–H and O–H groups in total. The molecule has 1 amide bonds. The van der Waals surface area contributed by atoms with Crippen LogP contribution in [0.15, 0.2) is 29.7 Å². The zero-order chi connectivity index (χ0) is 13.2. The monoisotopic (exact) mass is 265 g/mol. The van der Waals surface area contributed by atoms with Crippen molar-refractivity contribution in [3.8, 4) is 0 Å². The second-order valence-corrected chi connectivity index (χ2v) is 5.90. The van der Waals surface area contributed by atoms with E-state index in [-0.39, 0.29) is 5.91 Å². The first-order valence-electron chi connectivity index (χ1n) is 6.65. The Labute approximate surface area is 114 Å². The van der Waals surface area contributed by atoms with E-state index >= 15 is 0 Å². The normalized spacial score (nSPS) is 11.3. The van der Waals surface area contributed by atoms with E-state index in [2.05, 4.69) is 36.7 Å². The Morgan fingerprint density at radius 1 is 1.44 bits per heavy atom. The highest BCUT2D eigenvalue weighted by atomic mass is 32.1. The van der Waals surface area contributed by atoms with Gasteiger partial charge in [0.2, 0.25) is 5.91 Å². The molecule has 0 bridgehead atoms. The molecular weight excluding hydrogens is 242 g/mol. The van der Waals surface area contributed by atoms with Crippen LogP contribution < -0.4 is 5.32 Å². The molecule has 0 unspecified atom stereocenters. The van der Waals surface area contributed by atoms with E-state index in [9.17, 15) is 4.79 Å². The Hall–Kier alpha value is -1.09. The molecule has 1 aromatic rings. The molecule has 3 heteroatoms. The third-order valence-corrected chi connectivity index (χ3v) is 3.51. The average Bonchev–Trinajstić information content (AvgIpc) is 2.84. The summed E-state index contributed by atoms with van der Waals surface area (Å²) >= 11 is 1.82. The lowest BCUT2D eigenvalue weighted by molar-refractivity contribution is -0.116. The summed E-state index contributed by atoms with van der Waals surface area (Å²) in [5, 5.41) is 4.99. The van der Waals surface area contributed by atoms with Crippen LogP contribution in [0.3, 0.4) is 0 Å². The van der Waals surface area contributed by atoms with Crippen molar-refractivity contribution >= 4 is 17.2 Å². The summed E-state index contributed by atoms with van der Waals surface area (Å²) in [4.78, 5) is 12.8. The number of hydrogen-bond donors (Lipinski definition) is 1. The molecule has 0 radical (unpaired) electrons. The number of amides is 1. The summed E-state index contributed by atoms with van der Waals surface area (Å²) in [5.74, 6) is 0.537. The van der Waals surface area contributed by atoms with E-state index < -0.39 is 0 Å². The molecule has 0 aliphatic carbocycles. The molecule has 0 spiro atoms. The zero-order valence-electron chi connectivity index (χ0n) is 11.3. The number of carbonyl (C=O) groups excluding carboxylic acids is 1. The predicted molar refractivity (Wildman–Crippen MR) is 78.9 cm³/mol. The zero-order valence-corrected chi connectivity index (χ0v) is 12.1. The molecule has 18 heavy (non-hydrogen) atoms. The van der Waals surface area contributed by atoms with Gasteiger partial charge in [0, 0.05) is 11.4 Å². The minimum absolute atomic E-state index is 0.0296. The number of rotatable bonds is 8. The van der Waals surface area contributed by atoms with Gasteiger partial charge in [-0.3, -0.25) is 4.79 Å². The second-order valence-electron chi connectivity index (χ2n) is 4.87. The van der Waals surface area contributed by atoms with Gasteiger partial charge in [0.15, 0.2) is 0 Å². The minimum atomic E-state index is 0.0296. The Morgan fingerprint density at radius 2 is 2.28 bits per heavy atom. The highest BCUT2D eigenvalue weighted by molar-refractivity contribution is 7.09. The number of nitrogens with one attached hydrogen (secondary N) is 1. The lowest BCUT2D eigenvalue weighted by Gasteiger charge is -2.04. The molecule has 0 aliphatic rings. The fourth-order valence-corrected chi connectivity index (χ4v) is 2.32. The van der Waals surface area contributed by atoms with Crippen LogP contribution in [-0.4, -0.2) is 12.5 Å². The van der Waals surface area contributed by atoms with Gasteiger partial charge in [0.05, 0.1) is 0 Å². The van der Waals surface area contributed by atoms with Gasteiger partial charge in [0.25, 0.3) is 0 Å². The minimum Gasteiger partial charge on any atom is -0.352 e. The second kappa shape index (κ2) is 8.92. The number of aryl methyl sites for hydroxylation is 1. The van der Waals surface area contributed by atoms with E-state index in [1.54, 1.807) is 6.08 Å². The van der Waals surface area contributed by atoms with E-state index in [0.29, 0.717) is 5.92 Å². The topological polar surface area (TPSA) is 29.1 Å². The van der Waals surface area contributed by atoms with Crippen molar-refractivity contribution in [2.75, 3.05) is 6.54 Å². The van der Waals surface area contributed by atoms with E-state index in [0.717, 1.165) is 25.8 Å². The summed E-state index contributed by atoms with van der Waals surface area (Å²) in [6.07, 6.45) is 8.12. The largest absolute Gasteiger partial charge is 0.352 e. The summed E-state index contributed by atoms with van der Waals surface area (Å²) in [6.45, 7) is 4.94.